The van der Waals surface area contributed by atoms with E-state index in [1.165, 1.54) is 12.1 Å². The number of amides is 1. The SMILES string of the molecule is O=C(c1cccc(-c2cc3cc(-c4ccc(F)cc4)nn3cn2)c1)N1CCCC1. The third-order valence-electron chi connectivity index (χ3n) is 5.29. The first kappa shape index (κ1) is 17.6. The van der Waals surface area contributed by atoms with E-state index < -0.39 is 0 Å². The number of fused-ring (bicyclic) bond motifs is 1. The first-order valence-corrected chi connectivity index (χ1v) is 9.68. The summed E-state index contributed by atoms with van der Waals surface area (Å²) >= 11 is 0. The zero-order valence-corrected chi connectivity index (χ0v) is 15.8. The van der Waals surface area contributed by atoms with E-state index in [0.717, 1.165) is 54.0 Å². The van der Waals surface area contributed by atoms with Gasteiger partial charge in [0, 0.05) is 29.8 Å². The lowest BCUT2D eigenvalue weighted by Crippen LogP contribution is -2.27. The van der Waals surface area contributed by atoms with E-state index in [0.29, 0.717) is 5.56 Å². The lowest BCUT2D eigenvalue weighted by atomic mass is 10.1. The summed E-state index contributed by atoms with van der Waals surface area (Å²) in [6.45, 7) is 1.66. The van der Waals surface area contributed by atoms with Gasteiger partial charge in [-0.05, 0) is 61.4 Å². The summed E-state index contributed by atoms with van der Waals surface area (Å²) < 4.78 is 14.9. The quantitative estimate of drug-likeness (QED) is 0.523. The van der Waals surface area contributed by atoms with Crippen molar-refractivity contribution in [2.75, 3.05) is 13.1 Å². The van der Waals surface area contributed by atoms with Gasteiger partial charge in [-0.1, -0.05) is 12.1 Å². The molecule has 29 heavy (non-hydrogen) atoms. The van der Waals surface area contributed by atoms with Gasteiger partial charge in [0.15, 0.2) is 0 Å². The maximum atomic E-state index is 13.2. The van der Waals surface area contributed by atoms with Crippen LogP contribution in [0.2, 0.25) is 0 Å². The van der Waals surface area contributed by atoms with Gasteiger partial charge in [0.2, 0.25) is 0 Å². The summed E-state index contributed by atoms with van der Waals surface area (Å²) in [6, 6.07) is 17.7. The van der Waals surface area contributed by atoms with Gasteiger partial charge in [-0.15, -0.1) is 0 Å². The van der Waals surface area contributed by atoms with E-state index >= 15 is 0 Å². The van der Waals surface area contributed by atoms with Crippen LogP contribution in [-0.4, -0.2) is 38.5 Å². The Labute approximate surface area is 167 Å². The van der Waals surface area contributed by atoms with Crippen LogP contribution in [0.5, 0.6) is 0 Å². The van der Waals surface area contributed by atoms with Gasteiger partial charge in [-0.2, -0.15) is 5.10 Å². The second-order valence-electron chi connectivity index (χ2n) is 7.26. The number of rotatable bonds is 3. The Kier molecular flexibility index (Phi) is 4.31. The smallest absolute Gasteiger partial charge is 0.253 e. The van der Waals surface area contributed by atoms with Crippen LogP contribution in [0.1, 0.15) is 23.2 Å². The predicted octanol–water partition coefficient (Wildman–Crippen LogP) is 4.44. The number of hydrogen-bond acceptors (Lipinski definition) is 3. The monoisotopic (exact) mass is 386 g/mol. The van der Waals surface area contributed by atoms with Crippen molar-refractivity contribution in [3.8, 4) is 22.5 Å². The molecule has 1 fully saturated rings. The van der Waals surface area contributed by atoms with Crippen LogP contribution >= 0.6 is 0 Å². The van der Waals surface area contributed by atoms with Crippen LogP contribution in [0.25, 0.3) is 28.0 Å². The third kappa shape index (κ3) is 3.38. The van der Waals surface area contributed by atoms with Crippen LogP contribution in [0.4, 0.5) is 4.39 Å². The van der Waals surface area contributed by atoms with E-state index in [1.54, 1.807) is 23.0 Å². The Hall–Kier alpha value is -3.54. The molecule has 1 aliphatic rings. The number of halogens is 1. The molecule has 1 aliphatic heterocycles. The van der Waals surface area contributed by atoms with Crippen molar-refractivity contribution in [3.05, 3.63) is 78.4 Å². The summed E-state index contributed by atoms with van der Waals surface area (Å²) in [5.41, 5.74) is 4.83. The zero-order chi connectivity index (χ0) is 19.8. The van der Waals surface area contributed by atoms with Crippen LogP contribution in [0.15, 0.2) is 67.0 Å². The molecule has 1 amide bonds. The fourth-order valence-electron chi connectivity index (χ4n) is 3.74. The first-order valence-electron chi connectivity index (χ1n) is 9.68. The number of carbonyl (C=O) groups excluding carboxylic acids is 1. The molecule has 0 saturated carbocycles. The van der Waals surface area contributed by atoms with Gasteiger partial charge >= 0.3 is 0 Å². The van der Waals surface area contributed by atoms with Gasteiger partial charge in [0.25, 0.3) is 5.91 Å². The maximum Gasteiger partial charge on any atom is 0.253 e. The molecule has 6 heteroatoms. The highest BCUT2D eigenvalue weighted by Crippen LogP contribution is 2.24. The van der Waals surface area contributed by atoms with Crippen LogP contribution in [0.3, 0.4) is 0 Å². The Morgan fingerprint density at radius 2 is 1.66 bits per heavy atom. The predicted molar refractivity (Wildman–Crippen MR) is 109 cm³/mol. The Balaban J connectivity index is 1.48. The number of carbonyl (C=O) groups is 1. The van der Waals surface area contributed by atoms with E-state index in [2.05, 4.69) is 10.1 Å². The topological polar surface area (TPSA) is 50.5 Å². The highest BCUT2D eigenvalue weighted by Gasteiger charge is 2.19. The van der Waals surface area contributed by atoms with Crippen molar-refractivity contribution < 1.29 is 9.18 Å². The maximum absolute atomic E-state index is 13.2. The first-order chi connectivity index (χ1) is 14.2. The zero-order valence-electron chi connectivity index (χ0n) is 15.8. The molecule has 0 unspecified atom stereocenters. The standard InChI is InChI=1S/C23H19FN4O/c24-19-8-6-16(7-9-19)22-14-20-13-21(25-15-28(20)26-22)17-4-3-5-18(12-17)23(29)27-10-1-2-11-27/h3-9,12-15H,1-2,10-11H2. The summed E-state index contributed by atoms with van der Waals surface area (Å²) in [5, 5.41) is 4.52. The van der Waals surface area contributed by atoms with Gasteiger partial charge in [0.1, 0.15) is 12.1 Å². The lowest BCUT2D eigenvalue weighted by Gasteiger charge is -2.15. The van der Waals surface area contributed by atoms with Crippen molar-refractivity contribution in [2.24, 2.45) is 0 Å². The molecule has 2 aromatic heterocycles. The molecule has 0 aliphatic carbocycles. The molecule has 0 atom stereocenters. The number of aromatic nitrogens is 3. The molecule has 144 valence electrons. The van der Waals surface area contributed by atoms with Gasteiger partial charge < -0.3 is 4.90 Å². The molecule has 0 N–H and O–H groups in total. The molecule has 2 aromatic carbocycles. The van der Waals surface area contributed by atoms with Gasteiger partial charge in [-0.25, -0.2) is 13.9 Å². The largest absolute Gasteiger partial charge is 0.339 e. The summed E-state index contributed by atoms with van der Waals surface area (Å²) in [4.78, 5) is 19.1. The molecule has 5 rings (SSSR count). The molecule has 1 saturated heterocycles. The fraction of sp³-hybridized carbons (Fsp3) is 0.174. The van der Waals surface area contributed by atoms with Crippen LogP contribution in [0, 0.1) is 5.82 Å². The second-order valence-corrected chi connectivity index (χ2v) is 7.26. The number of hydrogen-bond donors (Lipinski definition) is 0. The van der Waals surface area contributed by atoms with E-state index in [-0.39, 0.29) is 11.7 Å². The van der Waals surface area contributed by atoms with E-state index in [4.69, 9.17) is 0 Å². The van der Waals surface area contributed by atoms with Crippen molar-refractivity contribution in [1.82, 2.24) is 19.5 Å². The van der Waals surface area contributed by atoms with E-state index in [1.807, 2.05) is 41.3 Å². The Bertz CT molecular complexity index is 1190. The average molecular weight is 386 g/mol. The average Bonchev–Trinajstić information content (AvgIpc) is 3.43. The van der Waals surface area contributed by atoms with Crippen molar-refractivity contribution in [1.29, 1.82) is 0 Å². The number of nitrogens with zero attached hydrogens (tertiary/aromatic N) is 4. The molecule has 4 aromatic rings. The Morgan fingerprint density at radius 1 is 0.897 bits per heavy atom. The van der Waals surface area contributed by atoms with Gasteiger partial charge in [0.05, 0.1) is 16.9 Å². The summed E-state index contributed by atoms with van der Waals surface area (Å²) in [7, 11) is 0. The van der Waals surface area contributed by atoms with Crippen molar-refractivity contribution in [2.45, 2.75) is 12.8 Å². The number of benzene rings is 2. The van der Waals surface area contributed by atoms with Crippen molar-refractivity contribution in [3.63, 3.8) is 0 Å². The van der Waals surface area contributed by atoms with Gasteiger partial charge in [-0.3, -0.25) is 4.79 Å². The molecule has 0 spiro atoms. The fourth-order valence-corrected chi connectivity index (χ4v) is 3.74. The lowest BCUT2D eigenvalue weighted by molar-refractivity contribution is 0.0793. The molecule has 3 heterocycles. The van der Waals surface area contributed by atoms with E-state index in [9.17, 15) is 9.18 Å². The summed E-state index contributed by atoms with van der Waals surface area (Å²) in [6.07, 6.45) is 3.80. The van der Waals surface area contributed by atoms with Crippen LogP contribution < -0.4 is 0 Å². The molecule has 5 nitrogen and oxygen atoms in total. The van der Waals surface area contributed by atoms with Crippen molar-refractivity contribution >= 4 is 11.4 Å². The summed E-state index contributed by atoms with van der Waals surface area (Å²) in [5.74, 6) is -0.196. The molecule has 0 radical (unpaired) electrons. The molecular formula is C23H19FN4O. The minimum Gasteiger partial charge on any atom is -0.339 e. The minimum absolute atomic E-state index is 0.0772. The highest BCUT2D eigenvalue weighted by atomic mass is 19.1. The normalized spacial score (nSPS) is 13.9. The third-order valence-corrected chi connectivity index (χ3v) is 5.29. The highest BCUT2D eigenvalue weighted by molar-refractivity contribution is 5.95. The molecule has 0 bridgehead atoms. The molecular weight excluding hydrogens is 367 g/mol. The minimum atomic E-state index is -0.273. The Morgan fingerprint density at radius 3 is 2.45 bits per heavy atom. The second kappa shape index (κ2) is 7.13. The number of likely N-dealkylation sites (tertiary alicyclic amines) is 1. The van der Waals surface area contributed by atoms with Crippen LogP contribution in [-0.2, 0) is 0 Å².